The van der Waals surface area contributed by atoms with Gasteiger partial charge >= 0.3 is 0 Å². The summed E-state index contributed by atoms with van der Waals surface area (Å²) in [5.74, 6) is 0.382. The first-order valence-corrected chi connectivity index (χ1v) is 4.43. The van der Waals surface area contributed by atoms with E-state index in [4.69, 9.17) is 12.2 Å². The van der Waals surface area contributed by atoms with Crippen LogP contribution in [0.4, 0.5) is 0 Å². The van der Waals surface area contributed by atoms with E-state index in [1.165, 1.54) is 0 Å². The summed E-state index contributed by atoms with van der Waals surface area (Å²) in [5, 5.41) is 9.84. The van der Waals surface area contributed by atoms with Crippen molar-refractivity contribution in [3.05, 3.63) is 0 Å². The fourth-order valence-electron chi connectivity index (χ4n) is 1.87. The summed E-state index contributed by atoms with van der Waals surface area (Å²) in [4.78, 5) is 0. The minimum atomic E-state index is -1.74. The molecule has 0 unspecified atom stereocenters. The number of hydrogen-bond acceptors (Lipinski definition) is 3. The van der Waals surface area contributed by atoms with Crippen molar-refractivity contribution >= 4 is 0 Å². The molecule has 2 fully saturated rings. The summed E-state index contributed by atoms with van der Waals surface area (Å²) in [7, 11) is 0. The molecule has 12 heavy (non-hydrogen) atoms. The van der Waals surface area contributed by atoms with Crippen LogP contribution in [0.25, 0.3) is 0 Å². The third-order valence-corrected chi connectivity index (χ3v) is 2.67. The smallest absolute Gasteiger partial charge is 0.184 e. The van der Waals surface area contributed by atoms with Crippen LogP contribution in [0.5, 0.6) is 0 Å². The normalized spacial score (nSPS) is 53.7. The van der Waals surface area contributed by atoms with Crippen LogP contribution >= 0.6 is 0 Å². The maximum atomic E-state index is 9.84. The minimum Gasteiger partial charge on any atom is -0.388 e. The lowest BCUT2D eigenvalue weighted by molar-refractivity contribution is -0.181. The average Bonchev–Trinajstić information content (AvgIpc) is 2.31. The Kier molecular flexibility index (Phi) is 1.58. The molecule has 0 aromatic rings. The van der Waals surface area contributed by atoms with E-state index in [0.29, 0.717) is 12.3 Å². The third kappa shape index (κ3) is 1.26. The van der Waals surface area contributed by atoms with Gasteiger partial charge in [0, 0.05) is 0 Å². The lowest BCUT2D eigenvalue weighted by atomic mass is 9.84. The summed E-state index contributed by atoms with van der Waals surface area (Å²) in [6.45, 7) is 2.30. The number of fused-ring (bicyclic) bond motifs is 2. The predicted octanol–water partition coefficient (Wildman–Crippen LogP) is 0.765. The fourth-order valence-corrected chi connectivity index (χ4v) is 1.87. The topological polar surface area (TPSA) is 38.7 Å². The maximum Gasteiger partial charge on any atom is 0.184 e. The van der Waals surface area contributed by atoms with Crippen LogP contribution < -0.4 is 0 Å². The number of ether oxygens (including phenoxy) is 2. The van der Waals surface area contributed by atoms with Gasteiger partial charge in [-0.2, -0.15) is 0 Å². The van der Waals surface area contributed by atoms with Crippen molar-refractivity contribution in [2.75, 3.05) is 6.56 Å². The van der Waals surface area contributed by atoms with Gasteiger partial charge in [0.15, 0.2) is 6.29 Å². The number of aliphatic hydroxyl groups excluding tert-OH is 1. The zero-order valence-corrected chi connectivity index (χ0v) is 7.36. The quantitative estimate of drug-likeness (QED) is 0.638. The van der Waals surface area contributed by atoms with Crippen LogP contribution in [-0.2, 0) is 9.47 Å². The fraction of sp³-hybridized carbons (Fsp3) is 1.00. The largest absolute Gasteiger partial charge is 0.388 e. The molecule has 2 aliphatic heterocycles. The van der Waals surface area contributed by atoms with E-state index >= 15 is 0 Å². The van der Waals surface area contributed by atoms with Crippen LogP contribution in [0, 0.1) is 11.8 Å². The molecular weight excluding hydrogens is 156 g/mol. The molecule has 2 bridgehead atoms. The Morgan fingerprint density at radius 2 is 2.33 bits per heavy atom. The van der Waals surface area contributed by atoms with Crippen LogP contribution in [0.3, 0.4) is 0 Å². The van der Waals surface area contributed by atoms with Crippen molar-refractivity contribution < 1.29 is 17.3 Å². The highest BCUT2D eigenvalue weighted by Crippen LogP contribution is 2.35. The van der Waals surface area contributed by atoms with Crippen molar-refractivity contribution in [2.45, 2.75) is 38.8 Å². The van der Waals surface area contributed by atoms with Crippen molar-refractivity contribution in [2.24, 2.45) is 11.8 Å². The third-order valence-electron chi connectivity index (χ3n) is 2.67. The van der Waals surface area contributed by atoms with E-state index in [2.05, 4.69) is 0 Å². The summed E-state index contributed by atoms with van der Waals surface area (Å²) in [5.41, 5.74) is 0. The van der Waals surface area contributed by atoms with Crippen LogP contribution in [0.15, 0.2) is 0 Å². The SMILES string of the molecule is [2H]C1([2H])O[C@@H]2O[C@H]1C[C@@H](C(C)C)[C@@H]2O. The zero-order valence-electron chi connectivity index (χ0n) is 9.36. The standard InChI is InChI=1S/C9H16O3/c1-5(2)7-3-6-4-11-9(12-6)8(7)10/h5-10H,3-4H2,1-2H3/t6-,7-,8-,9+/m0/s1/i4D2. The monoisotopic (exact) mass is 174 g/mol. The second kappa shape index (κ2) is 2.98. The highest BCUT2D eigenvalue weighted by molar-refractivity contribution is 4.86. The molecule has 2 rings (SSSR count). The highest BCUT2D eigenvalue weighted by Gasteiger charge is 2.43. The molecule has 0 saturated carbocycles. The molecule has 2 heterocycles. The average molecular weight is 174 g/mol. The van der Waals surface area contributed by atoms with Gasteiger partial charge < -0.3 is 14.6 Å². The van der Waals surface area contributed by atoms with E-state index in [9.17, 15) is 5.11 Å². The zero-order chi connectivity index (χ0) is 10.5. The number of hydrogen-bond donors (Lipinski definition) is 1. The predicted molar refractivity (Wildman–Crippen MR) is 43.6 cm³/mol. The van der Waals surface area contributed by atoms with E-state index in [1.807, 2.05) is 13.8 Å². The Balaban J connectivity index is 2.17. The van der Waals surface area contributed by atoms with Gasteiger partial charge in [-0.25, -0.2) is 0 Å². The lowest BCUT2D eigenvalue weighted by Crippen LogP contribution is -2.42. The van der Waals surface area contributed by atoms with Crippen LogP contribution in [-0.4, -0.2) is 30.2 Å². The highest BCUT2D eigenvalue weighted by atomic mass is 16.7. The van der Waals surface area contributed by atoms with Gasteiger partial charge in [-0.05, 0) is 18.3 Å². The summed E-state index contributed by atoms with van der Waals surface area (Å²) in [6, 6.07) is 0. The minimum absolute atomic E-state index is 0.0660. The maximum absolute atomic E-state index is 9.84. The Morgan fingerprint density at radius 3 is 3.00 bits per heavy atom. The van der Waals surface area contributed by atoms with E-state index in [0.717, 1.165) is 0 Å². The Bertz CT molecular complexity index is 232. The molecule has 3 nitrogen and oxygen atoms in total. The summed E-state index contributed by atoms with van der Waals surface area (Å²) in [6.07, 6.45) is -1.48. The first kappa shape index (κ1) is 6.35. The molecule has 4 atom stereocenters. The lowest BCUT2D eigenvalue weighted by Gasteiger charge is -2.34. The molecule has 2 aliphatic rings. The Labute approximate surface area is 75.5 Å². The second-order valence-corrected chi connectivity index (χ2v) is 3.86. The van der Waals surface area contributed by atoms with Crippen molar-refractivity contribution in [1.82, 2.24) is 0 Å². The van der Waals surface area contributed by atoms with E-state index in [-0.39, 0.29) is 5.92 Å². The first-order chi connectivity index (χ1) is 6.42. The summed E-state index contributed by atoms with van der Waals surface area (Å²) < 4.78 is 25.4. The van der Waals surface area contributed by atoms with Crippen molar-refractivity contribution in [1.29, 1.82) is 0 Å². The van der Waals surface area contributed by atoms with Gasteiger partial charge in [-0.3, -0.25) is 0 Å². The molecule has 0 radical (unpaired) electrons. The first-order valence-electron chi connectivity index (χ1n) is 5.43. The van der Waals surface area contributed by atoms with Crippen LogP contribution in [0.1, 0.15) is 23.0 Å². The van der Waals surface area contributed by atoms with Crippen molar-refractivity contribution in [3.8, 4) is 0 Å². The molecular formula is C9H16O3. The number of rotatable bonds is 1. The molecule has 0 aliphatic carbocycles. The van der Waals surface area contributed by atoms with E-state index < -0.39 is 25.1 Å². The van der Waals surface area contributed by atoms with Gasteiger partial charge in [0.25, 0.3) is 0 Å². The van der Waals surface area contributed by atoms with Gasteiger partial charge in [0.1, 0.15) is 6.10 Å². The van der Waals surface area contributed by atoms with Gasteiger partial charge in [0.05, 0.1) is 15.4 Å². The molecule has 2 saturated heterocycles. The summed E-state index contributed by atoms with van der Waals surface area (Å²) >= 11 is 0. The van der Waals surface area contributed by atoms with E-state index in [1.54, 1.807) is 0 Å². The molecule has 0 aromatic heterocycles. The van der Waals surface area contributed by atoms with Gasteiger partial charge in [0.2, 0.25) is 0 Å². The molecule has 1 N–H and O–H groups in total. The second-order valence-electron chi connectivity index (χ2n) is 3.86. The molecule has 0 amide bonds. The molecule has 0 spiro atoms. The van der Waals surface area contributed by atoms with Gasteiger partial charge in [-0.1, -0.05) is 13.8 Å². The van der Waals surface area contributed by atoms with Gasteiger partial charge in [-0.15, -0.1) is 0 Å². The molecule has 0 aromatic carbocycles. The Hall–Kier alpha value is -0.120. The van der Waals surface area contributed by atoms with Crippen LogP contribution in [0.2, 0.25) is 0 Å². The van der Waals surface area contributed by atoms with Crippen molar-refractivity contribution in [3.63, 3.8) is 0 Å². The molecule has 70 valence electrons. The Morgan fingerprint density at radius 1 is 1.58 bits per heavy atom. The number of aliphatic hydroxyl groups is 1. The molecule has 3 heteroatoms.